The Balaban J connectivity index is 1.88. The van der Waals surface area contributed by atoms with Crippen molar-refractivity contribution in [2.24, 2.45) is 5.92 Å². The van der Waals surface area contributed by atoms with Crippen LogP contribution in [0.4, 0.5) is 13.2 Å². The number of alkyl halides is 3. The van der Waals surface area contributed by atoms with Crippen molar-refractivity contribution in [1.82, 2.24) is 0 Å². The molecule has 0 amide bonds. The number of phenolic OH excluding ortho intramolecular Hbond substituents is 1. The van der Waals surface area contributed by atoms with E-state index in [-0.39, 0.29) is 34.5 Å². The summed E-state index contributed by atoms with van der Waals surface area (Å²) in [5.41, 5.74) is 2.97. The Labute approximate surface area is 222 Å². The van der Waals surface area contributed by atoms with Crippen LogP contribution in [0.1, 0.15) is 98.3 Å². The minimum Gasteiger partial charge on any atom is -0.507 e. The van der Waals surface area contributed by atoms with Crippen LogP contribution in [-0.4, -0.2) is 11.1 Å². The topological polar surface area (TPSA) is 55.8 Å². The molecule has 2 aromatic carbocycles. The molecule has 0 fully saturated rings. The average molecular weight is 529 g/mol. The first kappa shape index (κ1) is 27.8. The fraction of sp³-hybridized carbons (Fsp3) is 0.452. The highest BCUT2D eigenvalue weighted by Gasteiger charge is 2.45. The molecule has 0 bridgehead atoms. The van der Waals surface area contributed by atoms with E-state index in [1.165, 1.54) is 19.1 Å². The van der Waals surface area contributed by atoms with Crippen LogP contribution in [0.2, 0.25) is 0 Å². The third kappa shape index (κ3) is 5.33. The van der Waals surface area contributed by atoms with Crippen LogP contribution in [-0.2, 0) is 23.1 Å². The molecule has 0 radical (unpaired) electrons. The molecule has 7 heteroatoms. The Hall–Kier alpha value is -3.22. The summed E-state index contributed by atoms with van der Waals surface area (Å²) in [6.45, 7) is 11.8. The maximum absolute atomic E-state index is 13.6. The molecule has 1 aliphatic heterocycles. The first-order valence-corrected chi connectivity index (χ1v) is 13.2. The summed E-state index contributed by atoms with van der Waals surface area (Å²) in [6, 6.07) is 6.04. The van der Waals surface area contributed by atoms with E-state index in [4.69, 9.17) is 9.47 Å². The van der Waals surface area contributed by atoms with E-state index < -0.39 is 23.5 Å². The fourth-order valence-electron chi connectivity index (χ4n) is 5.56. The van der Waals surface area contributed by atoms with Crippen LogP contribution in [0.5, 0.6) is 11.5 Å². The van der Waals surface area contributed by atoms with Gasteiger partial charge in [-0.25, -0.2) is 4.79 Å². The molecule has 1 N–H and O–H groups in total. The molecular formula is C31H35F3O4. The van der Waals surface area contributed by atoms with Gasteiger partial charge in [0.25, 0.3) is 5.79 Å². The number of aromatic hydroxyl groups is 1. The van der Waals surface area contributed by atoms with E-state index in [1.807, 2.05) is 13.8 Å². The lowest BCUT2D eigenvalue weighted by atomic mass is 9.73. The van der Waals surface area contributed by atoms with Gasteiger partial charge >= 0.3 is 12.1 Å². The van der Waals surface area contributed by atoms with Gasteiger partial charge in [-0.2, -0.15) is 13.2 Å². The first-order chi connectivity index (χ1) is 17.9. The second-order valence-electron chi connectivity index (χ2n) is 10.7. The van der Waals surface area contributed by atoms with E-state index in [9.17, 15) is 23.1 Å². The largest absolute Gasteiger partial charge is 0.507 e. The summed E-state index contributed by atoms with van der Waals surface area (Å²) in [7, 11) is 0. The lowest BCUT2D eigenvalue weighted by Crippen LogP contribution is -2.40. The van der Waals surface area contributed by atoms with Gasteiger partial charge in [-0.1, -0.05) is 55.7 Å². The number of fused-ring (bicyclic) bond motifs is 1. The lowest BCUT2D eigenvalue weighted by molar-refractivity contribution is -0.150. The Morgan fingerprint density at radius 1 is 1.18 bits per heavy atom. The number of aryl methyl sites for hydroxylation is 1. The highest BCUT2D eigenvalue weighted by molar-refractivity contribution is 5.96. The van der Waals surface area contributed by atoms with Crippen LogP contribution < -0.4 is 4.74 Å². The van der Waals surface area contributed by atoms with Crippen LogP contribution in [0.25, 0.3) is 0 Å². The summed E-state index contributed by atoms with van der Waals surface area (Å²) >= 11 is 0. The number of cyclic esters (lactones) is 1. The van der Waals surface area contributed by atoms with Crippen molar-refractivity contribution in [2.75, 3.05) is 0 Å². The molecule has 1 heterocycles. The number of hydrogen-bond donors (Lipinski definition) is 1. The van der Waals surface area contributed by atoms with Crippen molar-refractivity contribution in [3.8, 4) is 11.5 Å². The maximum Gasteiger partial charge on any atom is 0.416 e. The summed E-state index contributed by atoms with van der Waals surface area (Å²) < 4.78 is 51.7. The molecule has 0 aromatic heterocycles. The molecule has 204 valence electrons. The Bertz CT molecular complexity index is 1260. The number of phenols is 1. The van der Waals surface area contributed by atoms with Gasteiger partial charge in [-0.15, -0.1) is 0 Å². The highest BCUT2D eigenvalue weighted by atomic mass is 19.4. The number of hydrogen-bond acceptors (Lipinski definition) is 4. The van der Waals surface area contributed by atoms with Crippen LogP contribution in [0, 0.1) is 5.92 Å². The molecule has 0 saturated heterocycles. The van der Waals surface area contributed by atoms with Crippen molar-refractivity contribution >= 4 is 5.97 Å². The molecule has 1 aliphatic carbocycles. The van der Waals surface area contributed by atoms with Gasteiger partial charge < -0.3 is 14.6 Å². The minimum atomic E-state index is -4.49. The molecule has 4 rings (SSSR count). The van der Waals surface area contributed by atoms with Crippen molar-refractivity contribution in [2.45, 2.75) is 84.1 Å². The minimum absolute atomic E-state index is 0.0264. The lowest BCUT2D eigenvalue weighted by Gasteiger charge is -2.39. The molecule has 2 aromatic rings. The van der Waals surface area contributed by atoms with E-state index in [0.717, 1.165) is 55.4 Å². The second kappa shape index (κ2) is 10.5. The molecule has 2 aliphatic rings. The number of ether oxygens (including phenoxy) is 2. The third-order valence-corrected chi connectivity index (χ3v) is 7.67. The number of carbonyl (C=O) groups excluding carboxylic acids is 1. The van der Waals surface area contributed by atoms with Gasteiger partial charge in [0.2, 0.25) is 0 Å². The summed E-state index contributed by atoms with van der Waals surface area (Å²) in [5.74, 6) is -2.28. The number of esters is 1. The molecule has 0 saturated carbocycles. The van der Waals surface area contributed by atoms with E-state index in [2.05, 4.69) is 19.6 Å². The van der Waals surface area contributed by atoms with Gasteiger partial charge in [-0.3, -0.25) is 0 Å². The normalized spacial score (nSPS) is 23.2. The zero-order chi connectivity index (χ0) is 27.8. The zero-order valence-corrected chi connectivity index (χ0v) is 22.4. The van der Waals surface area contributed by atoms with Gasteiger partial charge in [0.15, 0.2) is 0 Å². The van der Waals surface area contributed by atoms with Crippen molar-refractivity contribution in [3.05, 3.63) is 82.0 Å². The summed E-state index contributed by atoms with van der Waals surface area (Å²) in [4.78, 5) is 13.6. The Kier molecular flexibility index (Phi) is 7.69. The van der Waals surface area contributed by atoms with Gasteiger partial charge in [0.05, 0.1) is 5.56 Å². The smallest absolute Gasteiger partial charge is 0.416 e. The quantitative estimate of drug-likeness (QED) is 0.222. The van der Waals surface area contributed by atoms with E-state index >= 15 is 0 Å². The first-order valence-electron chi connectivity index (χ1n) is 13.2. The van der Waals surface area contributed by atoms with Crippen molar-refractivity contribution < 1.29 is 32.5 Å². The van der Waals surface area contributed by atoms with Crippen LogP contribution in [0.3, 0.4) is 0 Å². The van der Waals surface area contributed by atoms with Crippen LogP contribution in [0.15, 0.2) is 54.1 Å². The van der Waals surface area contributed by atoms with E-state index in [0.29, 0.717) is 17.5 Å². The van der Waals surface area contributed by atoms with Gasteiger partial charge in [0.1, 0.15) is 17.1 Å². The molecular weight excluding hydrogens is 493 g/mol. The predicted octanol–water partition coefficient (Wildman–Crippen LogP) is 8.58. The number of rotatable bonds is 7. The molecule has 0 spiro atoms. The third-order valence-electron chi connectivity index (χ3n) is 7.67. The SMILES string of the molecule is C=C(C)C1CCC(C)=CC1c1c(O)cc(CCCCC)c2c1OC(C)(c1ccc(C(F)(F)F)cc1)OC2=O. The molecule has 38 heavy (non-hydrogen) atoms. The summed E-state index contributed by atoms with van der Waals surface area (Å²) in [6.07, 6.45) is 2.67. The standard InChI is InChI=1S/C31H35F3O4/c1-6-7-8-9-20-17-25(35)27(24-16-19(4)10-15-23(24)18(2)3)28-26(20)29(36)38-30(5,37-28)21-11-13-22(14-12-21)31(32,33)34/h11-14,16-17,23-24,35H,2,6-10,15H2,1,3-5H3. The number of carbonyl (C=O) groups is 1. The number of unbranched alkanes of at least 4 members (excludes halogenated alkanes) is 2. The van der Waals surface area contributed by atoms with Crippen molar-refractivity contribution in [3.63, 3.8) is 0 Å². The fourth-order valence-corrected chi connectivity index (χ4v) is 5.56. The highest BCUT2D eigenvalue weighted by Crippen LogP contribution is 2.52. The molecule has 3 unspecified atom stereocenters. The molecule has 4 nitrogen and oxygen atoms in total. The maximum atomic E-state index is 13.6. The van der Waals surface area contributed by atoms with E-state index in [1.54, 1.807) is 6.07 Å². The Morgan fingerprint density at radius 2 is 1.87 bits per heavy atom. The van der Waals surface area contributed by atoms with Gasteiger partial charge in [-0.05, 0) is 69.2 Å². The summed E-state index contributed by atoms with van der Waals surface area (Å²) in [5, 5.41) is 11.4. The Morgan fingerprint density at radius 3 is 2.47 bits per heavy atom. The number of halogens is 3. The van der Waals surface area contributed by atoms with Crippen molar-refractivity contribution in [1.29, 1.82) is 0 Å². The zero-order valence-electron chi connectivity index (χ0n) is 22.4. The number of allylic oxidation sites excluding steroid dienone is 3. The van der Waals surface area contributed by atoms with Crippen LogP contribution >= 0.6 is 0 Å². The number of benzene rings is 2. The molecule has 3 atom stereocenters. The second-order valence-corrected chi connectivity index (χ2v) is 10.7. The average Bonchev–Trinajstić information content (AvgIpc) is 2.83. The van der Waals surface area contributed by atoms with Gasteiger partial charge in [0, 0.05) is 24.0 Å². The predicted molar refractivity (Wildman–Crippen MR) is 140 cm³/mol. The monoisotopic (exact) mass is 528 g/mol.